The van der Waals surface area contributed by atoms with Crippen molar-refractivity contribution < 1.29 is 9.84 Å². The standard InChI is InChI=1S/C19H30O2/c1-5-6-15-11-13-19(20,14-12-15)16-7-9-17(10-8-16)21-18(2,3)4/h7-10,15,20H,5-6,11-14H2,1-4H3. The minimum atomic E-state index is -0.634. The number of benzene rings is 1. The summed E-state index contributed by atoms with van der Waals surface area (Å²) in [5.41, 5.74) is 0.222. The van der Waals surface area contributed by atoms with Crippen LogP contribution in [-0.4, -0.2) is 10.7 Å². The Morgan fingerprint density at radius 3 is 2.19 bits per heavy atom. The zero-order valence-corrected chi connectivity index (χ0v) is 14.0. The molecule has 1 N–H and O–H groups in total. The van der Waals surface area contributed by atoms with Gasteiger partial charge in [0.1, 0.15) is 11.4 Å². The maximum Gasteiger partial charge on any atom is 0.120 e. The summed E-state index contributed by atoms with van der Waals surface area (Å²) in [6.07, 6.45) is 6.61. The van der Waals surface area contributed by atoms with E-state index in [0.717, 1.165) is 42.9 Å². The summed E-state index contributed by atoms with van der Waals surface area (Å²) in [5, 5.41) is 10.9. The van der Waals surface area contributed by atoms with Crippen LogP contribution in [0.4, 0.5) is 0 Å². The van der Waals surface area contributed by atoms with Crippen molar-refractivity contribution in [2.24, 2.45) is 5.92 Å². The molecule has 21 heavy (non-hydrogen) atoms. The fourth-order valence-electron chi connectivity index (χ4n) is 3.33. The third-order valence-corrected chi connectivity index (χ3v) is 4.44. The van der Waals surface area contributed by atoms with E-state index in [0.29, 0.717) is 0 Å². The maximum atomic E-state index is 10.9. The van der Waals surface area contributed by atoms with Crippen LogP contribution in [0.1, 0.15) is 71.8 Å². The minimum Gasteiger partial charge on any atom is -0.488 e. The lowest BCUT2D eigenvalue weighted by Gasteiger charge is -2.36. The van der Waals surface area contributed by atoms with Gasteiger partial charge in [0.05, 0.1) is 5.60 Å². The molecule has 118 valence electrons. The normalized spacial score (nSPS) is 26.6. The van der Waals surface area contributed by atoms with E-state index in [2.05, 4.69) is 6.92 Å². The molecule has 0 aliphatic heterocycles. The molecule has 0 amide bonds. The molecule has 2 rings (SSSR count). The molecule has 0 unspecified atom stereocenters. The van der Waals surface area contributed by atoms with Crippen LogP contribution >= 0.6 is 0 Å². The van der Waals surface area contributed by atoms with Gasteiger partial charge < -0.3 is 9.84 Å². The van der Waals surface area contributed by atoms with Gasteiger partial charge in [-0.25, -0.2) is 0 Å². The lowest BCUT2D eigenvalue weighted by Crippen LogP contribution is -2.31. The van der Waals surface area contributed by atoms with E-state index in [1.165, 1.54) is 12.8 Å². The van der Waals surface area contributed by atoms with E-state index in [9.17, 15) is 5.11 Å². The predicted octanol–water partition coefficient (Wildman–Crippen LogP) is 5.04. The first-order valence-corrected chi connectivity index (χ1v) is 8.34. The number of rotatable bonds is 4. The average Bonchev–Trinajstić information content (AvgIpc) is 2.41. The molecule has 0 saturated heterocycles. The van der Waals surface area contributed by atoms with Crippen LogP contribution in [0.25, 0.3) is 0 Å². The van der Waals surface area contributed by atoms with Crippen molar-refractivity contribution in [2.75, 3.05) is 0 Å². The fourth-order valence-corrected chi connectivity index (χ4v) is 3.33. The lowest BCUT2D eigenvalue weighted by atomic mass is 9.74. The highest BCUT2D eigenvalue weighted by Gasteiger charge is 2.34. The molecule has 1 fully saturated rings. The highest BCUT2D eigenvalue weighted by atomic mass is 16.5. The molecule has 0 spiro atoms. The van der Waals surface area contributed by atoms with Crippen molar-refractivity contribution in [1.29, 1.82) is 0 Å². The number of hydrogen-bond donors (Lipinski definition) is 1. The molecule has 1 aromatic rings. The second-order valence-corrected chi connectivity index (χ2v) is 7.50. The van der Waals surface area contributed by atoms with Crippen LogP contribution in [0, 0.1) is 5.92 Å². The summed E-state index contributed by atoms with van der Waals surface area (Å²) in [7, 11) is 0. The molecule has 0 radical (unpaired) electrons. The van der Waals surface area contributed by atoms with Gasteiger partial charge in [0.25, 0.3) is 0 Å². The highest BCUT2D eigenvalue weighted by molar-refractivity contribution is 5.31. The van der Waals surface area contributed by atoms with Crippen molar-refractivity contribution in [3.63, 3.8) is 0 Å². The molecule has 0 bridgehead atoms. The summed E-state index contributed by atoms with van der Waals surface area (Å²) in [6.45, 7) is 8.38. The Hall–Kier alpha value is -1.02. The second kappa shape index (κ2) is 6.39. The van der Waals surface area contributed by atoms with Crippen molar-refractivity contribution in [3.8, 4) is 5.75 Å². The zero-order valence-electron chi connectivity index (χ0n) is 14.0. The summed E-state index contributed by atoms with van der Waals surface area (Å²) >= 11 is 0. The minimum absolute atomic E-state index is 0.184. The van der Waals surface area contributed by atoms with E-state index in [4.69, 9.17) is 4.74 Å². The Morgan fingerprint density at radius 2 is 1.71 bits per heavy atom. The lowest BCUT2D eigenvalue weighted by molar-refractivity contribution is -0.0152. The van der Waals surface area contributed by atoms with E-state index >= 15 is 0 Å². The first kappa shape index (κ1) is 16.4. The van der Waals surface area contributed by atoms with Gasteiger partial charge in [0, 0.05) is 0 Å². The second-order valence-electron chi connectivity index (χ2n) is 7.50. The Morgan fingerprint density at radius 1 is 1.14 bits per heavy atom. The van der Waals surface area contributed by atoms with E-state index in [-0.39, 0.29) is 5.60 Å². The van der Waals surface area contributed by atoms with Gasteiger partial charge >= 0.3 is 0 Å². The van der Waals surface area contributed by atoms with Crippen molar-refractivity contribution in [3.05, 3.63) is 29.8 Å². The molecular formula is C19H30O2. The Kier molecular flexibility index (Phi) is 4.98. The zero-order chi connectivity index (χ0) is 15.5. The summed E-state index contributed by atoms with van der Waals surface area (Å²) in [4.78, 5) is 0. The number of ether oxygens (including phenoxy) is 1. The Labute approximate surface area is 129 Å². The van der Waals surface area contributed by atoms with E-state index < -0.39 is 5.60 Å². The highest BCUT2D eigenvalue weighted by Crippen LogP contribution is 2.41. The average molecular weight is 290 g/mol. The van der Waals surface area contributed by atoms with Crippen LogP contribution in [-0.2, 0) is 5.60 Å². The molecule has 0 atom stereocenters. The summed E-state index contributed by atoms with van der Waals surface area (Å²) in [5.74, 6) is 1.67. The van der Waals surface area contributed by atoms with E-state index in [1.54, 1.807) is 0 Å². The first-order valence-electron chi connectivity index (χ1n) is 8.34. The Balaban J connectivity index is 2.01. The van der Waals surface area contributed by atoms with Crippen LogP contribution in [0.15, 0.2) is 24.3 Å². The van der Waals surface area contributed by atoms with Crippen LogP contribution in [0.3, 0.4) is 0 Å². The maximum absolute atomic E-state index is 10.9. The van der Waals surface area contributed by atoms with Crippen molar-refractivity contribution in [1.82, 2.24) is 0 Å². The Bertz CT molecular complexity index is 434. The van der Waals surface area contributed by atoms with Gasteiger partial charge in [0.2, 0.25) is 0 Å². The third kappa shape index (κ3) is 4.47. The largest absolute Gasteiger partial charge is 0.488 e. The van der Waals surface area contributed by atoms with Gasteiger partial charge in [-0.15, -0.1) is 0 Å². The SMILES string of the molecule is CCCC1CCC(O)(c2ccc(OC(C)(C)C)cc2)CC1. The molecule has 1 aromatic carbocycles. The quantitative estimate of drug-likeness (QED) is 0.841. The van der Waals surface area contributed by atoms with E-state index in [1.807, 2.05) is 45.0 Å². The van der Waals surface area contributed by atoms with Crippen LogP contribution < -0.4 is 4.74 Å². The molecule has 2 heteroatoms. The molecule has 0 heterocycles. The predicted molar refractivity (Wildman–Crippen MR) is 87.6 cm³/mol. The van der Waals surface area contributed by atoms with Gasteiger partial charge in [-0.1, -0.05) is 31.9 Å². The fraction of sp³-hybridized carbons (Fsp3) is 0.684. The molecule has 2 nitrogen and oxygen atoms in total. The number of aliphatic hydroxyl groups is 1. The van der Waals surface area contributed by atoms with Crippen molar-refractivity contribution in [2.45, 2.75) is 77.4 Å². The smallest absolute Gasteiger partial charge is 0.120 e. The molecule has 1 saturated carbocycles. The summed E-state index contributed by atoms with van der Waals surface area (Å²) in [6, 6.07) is 8.02. The van der Waals surface area contributed by atoms with Crippen molar-refractivity contribution >= 4 is 0 Å². The van der Waals surface area contributed by atoms with Gasteiger partial charge in [-0.05, 0) is 70.1 Å². The topological polar surface area (TPSA) is 29.5 Å². The third-order valence-electron chi connectivity index (χ3n) is 4.44. The molecule has 0 aromatic heterocycles. The molecular weight excluding hydrogens is 260 g/mol. The first-order chi connectivity index (χ1) is 9.82. The van der Waals surface area contributed by atoms with Crippen LogP contribution in [0.2, 0.25) is 0 Å². The van der Waals surface area contributed by atoms with Gasteiger partial charge in [-0.3, -0.25) is 0 Å². The molecule has 1 aliphatic carbocycles. The van der Waals surface area contributed by atoms with Crippen LogP contribution in [0.5, 0.6) is 5.75 Å². The number of hydrogen-bond acceptors (Lipinski definition) is 2. The van der Waals surface area contributed by atoms with Gasteiger partial charge in [0.15, 0.2) is 0 Å². The molecule has 1 aliphatic rings. The summed E-state index contributed by atoms with van der Waals surface area (Å²) < 4.78 is 5.84. The monoisotopic (exact) mass is 290 g/mol. The van der Waals surface area contributed by atoms with Gasteiger partial charge in [-0.2, -0.15) is 0 Å².